The second-order valence-electron chi connectivity index (χ2n) is 2.72. The Morgan fingerprint density at radius 2 is 2.00 bits per heavy atom. The molecular formula is C9H7NO2S. The van der Waals surface area contributed by atoms with Crippen LogP contribution in [-0.2, 0) is 10.3 Å². The normalized spacial score (nSPS) is 14.0. The van der Waals surface area contributed by atoms with Crippen molar-refractivity contribution >= 4 is 21.2 Å². The lowest BCUT2D eigenvalue weighted by Crippen LogP contribution is -2.31. The first-order valence-electron chi connectivity index (χ1n) is 3.84. The van der Waals surface area contributed by atoms with Gasteiger partial charge in [0.25, 0.3) is 0 Å². The van der Waals surface area contributed by atoms with Crippen LogP contribution < -0.4 is 10.6 Å². The summed E-state index contributed by atoms with van der Waals surface area (Å²) < 4.78 is 21.3. The smallest absolute Gasteiger partial charge is 0.219 e. The van der Waals surface area contributed by atoms with Crippen molar-refractivity contribution in [2.24, 2.45) is 4.99 Å². The lowest BCUT2D eigenvalue weighted by Gasteiger charge is -1.98. The van der Waals surface area contributed by atoms with E-state index in [2.05, 4.69) is 4.99 Å². The lowest BCUT2D eigenvalue weighted by atomic mass is 10.2. The number of fused-ring (bicyclic) bond motifs is 1. The van der Waals surface area contributed by atoms with Crippen LogP contribution in [-0.4, -0.2) is 19.8 Å². The highest BCUT2D eigenvalue weighted by atomic mass is 32.2. The highest BCUT2D eigenvalue weighted by Gasteiger charge is 2.00. The SMILES string of the molecule is O=S(=O)=C1C=c2ccccc2=NC1. The van der Waals surface area contributed by atoms with Gasteiger partial charge in [0, 0.05) is 5.22 Å². The van der Waals surface area contributed by atoms with Gasteiger partial charge in [0.1, 0.15) is 0 Å². The van der Waals surface area contributed by atoms with Crippen molar-refractivity contribution in [2.45, 2.75) is 0 Å². The van der Waals surface area contributed by atoms with Crippen LogP contribution >= 0.6 is 0 Å². The maximum absolute atomic E-state index is 10.6. The zero-order valence-corrected chi connectivity index (χ0v) is 7.58. The minimum Gasteiger partial charge on any atom is -0.279 e. The molecule has 1 aliphatic rings. The van der Waals surface area contributed by atoms with Gasteiger partial charge in [0.15, 0.2) is 0 Å². The van der Waals surface area contributed by atoms with Crippen LogP contribution in [0.15, 0.2) is 29.3 Å². The largest absolute Gasteiger partial charge is 0.279 e. The fourth-order valence-electron chi connectivity index (χ4n) is 1.24. The summed E-state index contributed by atoms with van der Waals surface area (Å²) in [5.41, 5.74) is 0. The molecule has 1 aliphatic heterocycles. The maximum atomic E-state index is 10.6. The van der Waals surface area contributed by atoms with Crippen LogP contribution in [0.25, 0.3) is 6.08 Å². The van der Waals surface area contributed by atoms with E-state index in [1.54, 1.807) is 6.08 Å². The zero-order valence-electron chi connectivity index (χ0n) is 6.77. The van der Waals surface area contributed by atoms with Crippen molar-refractivity contribution in [3.63, 3.8) is 0 Å². The Balaban J connectivity index is 2.84. The summed E-state index contributed by atoms with van der Waals surface area (Å²) >= 11 is 0. The molecule has 1 aromatic carbocycles. The molecule has 0 unspecified atom stereocenters. The van der Waals surface area contributed by atoms with Crippen molar-refractivity contribution in [1.82, 2.24) is 0 Å². The van der Waals surface area contributed by atoms with E-state index in [4.69, 9.17) is 0 Å². The molecule has 1 aromatic rings. The van der Waals surface area contributed by atoms with Crippen molar-refractivity contribution < 1.29 is 8.42 Å². The van der Waals surface area contributed by atoms with Crippen LogP contribution in [0.5, 0.6) is 0 Å². The number of nitrogens with zero attached hydrogens (tertiary/aromatic N) is 1. The van der Waals surface area contributed by atoms with Crippen molar-refractivity contribution in [2.75, 3.05) is 6.54 Å². The number of hydrogen-bond acceptors (Lipinski definition) is 3. The predicted molar refractivity (Wildman–Crippen MR) is 50.5 cm³/mol. The monoisotopic (exact) mass is 193 g/mol. The highest BCUT2D eigenvalue weighted by Crippen LogP contribution is 1.84. The summed E-state index contributed by atoms with van der Waals surface area (Å²) in [6, 6.07) is 7.47. The van der Waals surface area contributed by atoms with Gasteiger partial charge in [0.05, 0.1) is 16.8 Å². The molecule has 0 radical (unpaired) electrons. The molecule has 0 spiro atoms. The van der Waals surface area contributed by atoms with E-state index in [-0.39, 0.29) is 6.54 Å². The molecule has 1 heterocycles. The van der Waals surface area contributed by atoms with Crippen LogP contribution in [0.1, 0.15) is 0 Å². The third-order valence-corrected chi connectivity index (χ3v) is 2.55. The van der Waals surface area contributed by atoms with Crippen molar-refractivity contribution in [3.8, 4) is 0 Å². The number of benzene rings is 1. The quantitative estimate of drug-likeness (QED) is 0.504. The predicted octanol–water partition coefficient (Wildman–Crippen LogP) is -0.848. The standard InChI is InChI=1S/C9H7NO2S/c11-13(12)8-5-7-3-1-2-4-9(7)10-6-8/h1-5H,6H2. The Kier molecular flexibility index (Phi) is 1.98. The first-order valence-corrected chi connectivity index (χ1v) is 4.91. The lowest BCUT2D eigenvalue weighted by molar-refractivity contribution is 0.627. The van der Waals surface area contributed by atoms with Gasteiger partial charge in [0.2, 0.25) is 10.3 Å². The summed E-state index contributed by atoms with van der Waals surface area (Å²) in [5, 5.41) is 1.73. The van der Waals surface area contributed by atoms with Gasteiger partial charge in [-0.1, -0.05) is 18.2 Å². The summed E-state index contributed by atoms with van der Waals surface area (Å²) in [5.74, 6) is 0. The minimum absolute atomic E-state index is 0.257. The Bertz CT molecular complexity index is 576. The van der Waals surface area contributed by atoms with Gasteiger partial charge in [-0.05, 0) is 12.1 Å². The van der Waals surface area contributed by atoms with Crippen molar-refractivity contribution in [1.29, 1.82) is 0 Å². The third-order valence-electron chi connectivity index (χ3n) is 1.87. The molecule has 4 heteroatoms. The molecule has 0 aliphatic carbocycles. The van der Waals surface area contributed by atoms with E-state index in [1.165, 1.54) is 0 Å². The summed E-state index contributed by atoms with van der Waals surface area (Å²) in [4.78, 5) is 4.48. The Morgan fingerprint density at radius 3 is 2.77 bits per heavy atom. The van der Waals surface area contributed by atoms with Gasteiger partial charge in [-0.15, -0.1) is 0 Å². The molecule has 13 heavy (non-hydrogen) atoms. The average molecular weight is 193 g/mol. The molecule has 0 fully saturated rings. The van der Waals surface area contributed by atoms with E-state index < -0.39 is 10.3 Å². The van der Waals surface area contributed by atoms with Gasteiger partial charge >= 0.3 is 0 Å². The Hall–Kier alpha value is -1.42. The summed E-state index contributed by atoms with van der Waals surface area (Å²) in [6.45, 7) is 0.257. The number of hydrogen-bond donors (Lipinski definition) is 0. The Morgan fingerprint density at radius 1 is 1.23 bits per heavy atom. The first kappa shape index (κ1) is 8.19. The fourth-order valence-corrected chi connectivity index (χ4v) is 1.63. The molecule has 0 amide bonds. The zero-order chi connectivity index (χ0) is 9.26. The highest BCUT2D eigenvalue weighted by molar-refractivity contribution is 7.73. The van der Waals surface area contributed by atoms with Crippen LogP contribution in [0.4, 0.5) is 0 Å². The molecular weight excluding hydrogens is 186 g/mol. The van der Waals surface area contributed by atoms with E-state index >= 15 is 0 Å². The molecule has 2 rings (SSSR count). The van der Waals surface area contributed by atoms with E-state index in [0.29, 0.717) is 4.86 Å². The van der Waals surface area contributed by atoms with Crippen LogP contribution in [0.3, 0.4) is 0 Å². The molecule has 0 aromatic heterocycles. The van der Waals surface area contributed by atoms with Crippen LogP contribution in [0.2, 0.25) is 0 Å². The molecule has 66 valence electrons. The second-order valence-corrected chi connectivity index (χ2v) is 3.71. The first-order chi connectivity index (χ1) is 6.27. The molecule has 0 bridgehead atoms. The van der Waals surface area contributed by atoms with Gasteiger partial charge in [-0.25, -0.2) is 0 Å². The number of rotatable bonds is 0. The van der Waals surface area contributed by atoms with E-state index in [9.17, 15) is 8.42 Å². The molecule has 0 atom stereocenters. The molecule has 0 saturated carbocycles. The van der Waals surface area contributed by atoms with Crippen LogP contribution in [0, 0.1) is 0 Å². The van der Waals surface area contributed by atoms with Gasteiger partial charge in [-0.2, -0.15) is 8.42 Å². The minimum atomic E-state index is -2.14. The third kappa shape index (κ3) is 1.53. The molecule has 0 saturated heterocycles. The second kappa shape index (κ2) is 3.14. The average Bonchev–Trinajstić information content (AvgIpc) is 2.17. The summed E-state index contributed by atoms with van der Waals surface area (Å²) in [7, 11) is -2.14. The van der Waals surface area contributed by atoms with Gasteiger partial charge < -0.3 is 0 Å². The maximum Gasteiger partial charge on any atom is 0.219 e. The molecule has 0 N–H and O–H groups in total. The fraction of sp³-hybridized carbons (Fsp3) is 0.111. The van der Waals surface area contributed by atoms with E-state index in [1.807, 2.05) is 24.3 Å². The number of para-hydroxylation sites is 1. The Labute approximate surface area is 76.6 Å². The molecule has 3 nitrogen and oxygen atoms in total. The van der Waals surface area contributed by atoms with E-state index in [0.717, 1.165) is 10.6 Å². The van der Waals surface area contributed by atoms with Crippen molar-refractivity contribution in [3.05, 3.63) is 34.8 Å². The topological polar surface area (TPSA) is 46.5 Å². The van der Waals surface area contributed by atoms with Gasteiger partial charge in [-0.3, -0.25) is 4.99 Å². The summed E-state index contributed by atoms with van der Waals surface area (Å²) in [6.07, 6.45) is 1.66.